The van der Waals surface area contributed by atoms with E-state index in [1.54, 1.807) is 47.0 Å². The largest absolute Gasteiger partial charge is 0.142 e. The molecule has 2 heterocycles. The summed E-state index contributed by atoms with van der Waals surface area (Å²) in [5.74, 6) is 0. The van der Waals surface area contributed by atoms with Crippen LogP contribution >= 0.6 is 47.0 Å². The van der Waals surface area contributed by atoms with Crippen molar-refractivity contribution in [1.82, 2.24) is 20.4 Å². The van der Waals surface area contributed by atoms with Crippen LogP contribution in [0.15, 0.2) is 20.1 Å². The Kier molecular flexibility index (Phi) is 7.81. The van der Waals surface area contributed by atoms with Crippen LogP contribution in [0.3, 0.4) is 0 Å². The number of hydrogen-bond acceptors (Lipinski definition) is 8. The van der Waals surface area contributed by atoms with E-state index in [-0.39, 0.29) is 19.0 Å². The Morgan fingerprint density at radius 3 is 0.667 bits per heavy atom. The minimum absolute atomic E-state index is 0.0184. The summed E-state index contributed by atoms with van der Waals surface area (Å²) < 4.78 is 0.0737. The number of nitrogens with zero attached hydrogens (tertiary/aromatic N) is 4. The van der Waals surface area contributed by atoms with Gasteiger partial charge in [0, 0.05) is 19.0 Å². The molecule has 2 aromatic heterocycles. The molecule has 0 aromatic carbocycles. The molecule has 30 heavy (non-hydrogen) atoms. The average Bonchev–Trinajstić information content (AvgIpc) is 2.45. The van der Waals surface area contributed by atoms with Crippen LogP contribution in [0.5, 0.6) is 0 Å². The third-order valence-corrected chi connectivity index (χ3v) is 7.55. The van der Waals surface area contributed by atoms with Crippen LogP contribution in [0, 0.1) is 0 Å². The van der Waals surface area contributed by atoms with Gasteiger partial charge in [-0.1, -0.05) is 130 Å². The van der Waals surface area contributed by atoms with Gasteiger partial charge in [0.05, 0.1) is 10.8 Å². The van der Waals surface area contributed by atoms with Gasteiger partial charge in [0.1, 0.15) is 20.1 Å². The SMILES string of the molecule is CC(C)(C)Sc1nnc(SC(C)(C)C)c2c(SC(C)(C)C)nnc(SC(C)(C)C)c12. The van der Waals surface area contributed by atoms with E-state index in [0.29, 0.717) is 0 Å². The summed E-state index contributed by atoms with van der Waals surface area (Å²) in [5, 5.41) is 24.8. The van der Waals surface area contributed by atoms with Gasteiger partial charge < -0.3 is 0 Å². The van der Waals surface area contributed by atoms with Gasteiger partial charge in [0.2, 0.25) is 0 Å². The van der Waals surface area contributed by atoms with Gasteiger partial charge in [-0.25, -0.2) is 0 Å². The zero-order valence-corrected chi connectivity index (χ0v) is 23.7. The number of hydrogen-bond donors (Lipinski definition) is 0. The van der Waals surface area contributed by atoms with Gasteiger partial charge in [-0.2, -0.15) is 0 Å². The molecule has 0 amide bonds. The van der Waals surface area contributed by atoms with Crippen LogP contribution in [-0.2, 0) is 0 Å². The average molecular weight is 485 g/mol. The number of fused-ring (bicyclic) bond motifs is 1. The van der Waals surface area contributed by atoms with Gasteiger partial charge >= 0.3 is 0 Å². The normalized spacial score (nSPS) is 13.9. The van der Waals surface area contributed by atoms with Crippen molar-refractivity contribution in [2.75, 3.05) is 0 Å². The standard InChI is InChI=1S/C22H36N4S4/c1-19(2,3)27-15-13-14(17(24-23-15)29-21(7,8)9)18(30-22(10,11)12)26-25-16(13)28-20(4,5)6/h1-12H3. The molecule has 4 nitrogen and oxygen atoms in total. The molecule has 8 heteroatoms. The predicted molar refractivity (Wildman–Crippen MR) is 138 cm³/mol. The number of aromatic nitrogens is 4. The molecule has 0 saturated carbocycles. The Balaban J connectivity index is 2.91. The molecule has 0 saturated heterocycles. The highest BCUT2D eigenvalue weighted by atomic mass is 32.2. The molecule has 2 rings (SSSR count). The van der Waals surface area contributed by atoms with Crippen molar-refractivity contribution in [3.05, 3.63) is 0 Å². The van der Waals surface area contributed by atoms with Gasteiger partial charge in [0.25, 0.3) is 0 Å². The molecule has 168 valence electrons. The second kappa shape index (κ2) is 8.99. The Morgan fingerprint density at radius 1 is 0.367 bits per heavy atom. The Morgan fingerprint density at radius 2 is 0.533 bits per heavy atom. The van der Waals surface area contributed by atoms with Crippen molar-refractivity contribution in [2.45, 2.75) is 122 Å². The fourth-order valence-corrected chi connectivity index (χ4v) is 6.42. The second-order valence-electron chi connectivity index (χ2n) is 11.2. The van der Waals surface area contributed by atoms with E-state index in [9.17, 15) is 0 Å². The number of rotatable bonds is 4. The molecular weight excluding hydrogens is 449 g/mol. The lowest BCUT2D eigenvalue weighted by molar-refractivity contribution is 0.763. The lowest BCUT2D eigenvalue weighted by Crippen LogP contribution is -2.14. The van der Waals surface area contributed by atoms with Crippen LogP contribution < -0.4 is 0 Å². The molecule has 0 aliphatic rings. The summed E-state index contributed by atoms with van der Waals surface area (Å²) >= 11 is 7.00. The summed E-state index contributed by atoms with van der Waals surface area (Å²) in [7, 11) is 0. The van der Waals surface area contributed by atoms with E-state index in [1.165, 1.54) is 0 Å². The third-order valence-electron chi connectivity index (χ3n) is 3.18. The maximum absolute atomic E-state index is 4.71. The first-order chi connectivity index (χ1) is 13.3. The molecule has 0 N–H and O–H groups in total. The minimum atomic E-state index is 0.0184. The first-order valence-corrected chi connectivity index (χ1v) is 13.4. The molecule has 0 aliphatic carbocycles. The smallest absolute Gasteiger partial charge is 0.130 e. The monoisotopic (exact) mass is 484 g/mol. The Labute approximate surface area is 199 Å². The Bertz CT molecular complexity index is 756. The van der Waals surface area contributed by atoms with Crippen molar-refractivity contribution in [1.29, 1.82) is 0 Å². The molecule has 0 radical (unpaired) electrons. The van der Waals surface area contributed by atoms with Crippen LogP contribution in [0.1, 0.15) is 83.1 Å². The first-order valence-electron chi connectivity index (χ1n) is 10.2. The highest BCUT2D eigenvalue weighted by molar-refractivity contribution is 8.02. The predicted octanol–water partition coefficient (Wildman–Crippen LogP) is 7.98. The van der Waals surface area contributed by atoms with Crippen LogP contribution in [-0.4, -0.2) is 39.4 Å². The highest BCUT2D eigenvalue weighted by Crippen LogP contribution is 2.47. The molecule has 0 fully saturated rings. The van der Waals surface area contributed by atoms with E-state index < -0.39 is 0 Å². The number of thioether (sulfide) groups is 4. The van der Waals surface area contributed by atoms with E-state index in [0.717, 1.165) is 30.9 Å². The van der Waals surface area contributed by atoms with Crippen LogP contribution in [0.4, 0.5) is 0 Å². The summed E-state index contributed by atoms with van der Waals surface area (Å²) in [6.45, 7) is 26.5. The Hall–Kier alpha value is -0.180. The zero-order chi connectivity index (χ0) is 23.1. The van der Waals surface area contributed by atoms with Gasteiger partial charge in [-0.15, -0.1) is 20.4 Å². The first kappa shape index (κ1) is 26.1. The molecule has 0 spiro atoms. The van der Waals surface area contributed by atoms with E-state index in [1.807, 2.05) is 0 Å². The maximum atomic E-state index is 4.71. The van der Waals surface area contributed by atoms with E-state index in [2.05, 4.69) is 83.1 Å². The summed E-state index contributed by atoms with van der Waals surface area (Å²) in [4.78, 5) is 0. The topological polar surface area (TPSA) is 51.6 Å². The molecule has 0 unspecified atom stereocenters. The highest BCUT2D eigenvalue weighted by Gasteiger charge is 2.29. The van der Waals surface area contributed by atoms with Crippen molar-refractivity contribution in [3.8, 4) is 0 Å². The third kappa shape index (κ3) is 8.06. The fourth-order valence-electron chi connectivity index (χ4n) is 2.44. The van der Waals surface area contributed by atoms with Crippen molar-refractivity contribution in [3.63, 3.8) is 0 Å². The lowest BCUT2D eigenvalue weighted by Gasteiger charge is -2.25. The lowest BCUT2D eigenvalue weighted by atomic mass is 10.2. The van der Waals surface area contributed by atoms with E-state index in [4.69, 9.17) is 20.4 Å². The molecule has 0 atom stereocenters. The fraction of sp³-hybridized carbons (Fsp3) is 0.727. The van der Waals surface area contributed by atoms with E-state index >= 15 is 0 Å². The molecule has 2 aromatic rings. The quantitative estimate of drug-likeness (QED) is 0.405. The molecule has 0 bridgehead atoms. The molecular formula is C22H36N4S4. The van der Waals surface area contributed by atoms with Crippen molar-refractivity contribution in [2.24, 2.45) is 0 Å². The minimum Gasteiger partial charge on any atom is -0.142 e. The molecule has 0 aliphatic heterocycles. The van der Waals surface area contributed by atoms with Crippen LogP contribution in [0.2, 0.25) is 0 Å². The van der Waals surface area contributed by atoms with Crippen LogP contribution in [0.25, 0.3) is 10.8 Å². The summed E-state index contributed by atoms with van der Waals surface area (Å²) in [6.07, 6.45) is 0. The maximum Gasteiger partial charge on any atom is 0.130 e. The van der Waals surface area contributed by atoms with Crippen molar-refractivity contribution < 1.29 is 0 Å². The van der Waals surface area contributed by atoms with Gasteiger partial charge in [-0.05, 0) is 0 Å². The zero-order valence-electron chi connectivity index (χ0n) is 20.4. The summed E-state index contributed by atoms with van der Waals surface area (Å²) in [6, 6.07) is 0. The van der Waals surface area contributed by atoms with Gasteiger partial charge in [0.15, 0.2) is 0 Å². The second-order valence-corrected chi connectivity index (χ2v) is 18.5. The van der Waals surface area contributed by atoms with Gasteiger partial charge in [-0.3, -0.25) is 0 Å². The summed E-state index contributed by atoms with van der Waals surface area (Å²) in [5.41, 5.74) is 0. The van der Waals surface area contributed by atoms with Crippen molar-refractivity contribution >= 4 is 57.8 Å².